The molecule has 0 aromatic carbocycles. The first-order valence-corrected chi connectivity index (χ1v) is 13.7. The number of rotatable bonds is 3. The van der Waals surface area contributed by atoms with E-state index in [1.54, 1.807) is 6.20 Å². The summed E-state index contributed by atoms with van der Waals surface area (Å²) in [7, 11) is 0. The first-order valence-electron chi connectivity index (χ1n) is 13.4. The lowest BCUT2D eigenvalue weighted by atomic mass is 9.93. The van der Waals surface area contributed by atoms with Gasteiger partial charge < -0.3 is 9.64 Å². The summed E-state index contributed by atoms with van der Waals surface area (Å²) in [5.41, 5.74) is -0.308. The van der Waals surface area contributed by atoms with Gasteiger partial charge in [-0.2, -0.15) is 0 Å². The number of carbonyl (C=O) groups is 1. The van der Waals surface area contributed by atoms with E-state index in [1.165, 1.54) is 12.8 Å². The largest absolute Gasteiger partial charge is 0.444 e. The number of halogens is 2. The molecule has 4 aliphatic rings. The van der Waals surface area contributed by atoms with Crippen molar-refractivity contribution in [2.45, 2.75) is 82.5 Å². The van der Waals surface area contributed by atoms with E-state index < -0.39 is 11.4 Å². The highest BCUT2D eigenvalue weighted by molar-refractivity contribution is 6.30. The Kier molecular flexibility index (Phi) is 6.06. The minimum atomic E-state index is -0.630. The van der Waals surface area contributed by atoms with Crippen LogP contribution in [0.5, 0.6) is 0 Å². The Morgan fingerprint density at radius 3 is 2.49 bits per heavy atom. The van der Waals surface area contributed by atoms with Crippen LogP contribution in [0.1, 0.15) is 65.1 Å². The van der Waals surface area contributed by atoms with Gasteiger partial charge in [-0.3, -0.25) is 9.80 Å². The van der Waals surface area contributed by atoms with E-state index in [2.05, 4.69) is 25.8 Å². The maximum atomic E-state index is 15.2. The maximum absolute atomic E-state index is 15.2. The minimum absolute atomic E-state index is 0.00661. The molecule has 6 rings (SSSR count). The summed E-state index contributed by atoms with van der Waals surface area (Å²) in [5, 5.41) is 0.337. The van der Waals surface area contributed by atoms with Gasteiger partial charge in [0, 0.05) is 24.8 Å². The van der Waals surface area contributed by atoms with Crippen molar-refractivity contribution in [3.8, 4) is 0 Å². The summed E-state index contributed by atoms with van der Waals surface area (Å²) in [5.74, 6) is 0.480. The van der Waals surface area contributed by atoms with Gasteiger partial charge in [0.2, 0.25) is 0 Å². The average Bonchev–Trinajstić information content (AvgIpc) is 3.49. The first kappa shape index (κ1) is 24.8. The molecule has 2 aromatic rings. The summed E-state index contributed by atoms with van der Waals surface area (Å²) < 4.78 is 20.9. The second-order valence-electron chi connectivity index (χ2n) is 11.8. The Bertz CT molecular complexity index is 1240. The van der Waals surface area contributed by atoms with Crippen LogP contribution in [0, 0.1) is 5.82 Å². The number of amides is 1. The fraction of sp³-hybridized carbons (Fsp3) is 0.630. The zero-order valence-electron chi connectivity index (χ0n) is 21.7. The van der Waals surface area contributed by atoms with Crippen molar-refractivity contribution in [1.82, 2.24) is 24.8 Å². The van der Waals surface area contributed by atoms with Gasteiger partial charge >= 0.3 is 6.09 Å². The van der Waals surface area contributed by atoms with E-state index in [1.807, 2.05) is 31.7 Å². The second kappa shape index (κ2) is 9.05. The van der Waals surface area contributed by atoms with Crippen LogP contribution in [0.25, 0.3) is 17.0 Å². The molecule has 37 heavy (non-hydrogen) atoms. The predicted molar refractivity (Wildman–Crippen MR) is 141 cm³/mol. The van der Waals surface area contributed by atoms with E-state index >= 15 is 4.39 Å². The molecule has 10 heteroatoms. The molecule has 1 amide bonds. The standard InChI is InChI=1S/C27H34ClFN6O2/c1-26(2,3)37-25(36)35-17-6-7-18(35)16-33(15-17)24-19-14-30-23(28)21(29)22(19)31-20(32-24)8-11-27-9-4-12-34(27)13-5-10-27/h8,11,14,17-18H,4-7,9-10,12-13,15-16H2,1-3H3/b11-8-/t17-,18+. The van der Waals surface area contributed by atoms with Crippen LogP contribution in [-0.4, -0.2) is 80.2 Å². The predicted octanol–water partition coefficient (Wildman–Crippen LogP) is 5.05. The highest BCUT2D eigenvalue weighted by atomic mass is 35.5. The van der Waals surface area contributed by atoms with Gasteiger partial charge in [-0.1, -0.05) is 17.7 Å². The van der Waals surface area contributed by atoms with Gasteiger partial charge in [-0.25, -0.2) is 24.1 Å². The van der Waals surface area contributed by atoms with Crippen molar-refractivity contribution in [1.29, 1.82) is 0 Å². The molecule has 4 saturated heterocycles. The number of fused-ring (bicyclic) bond motifs is 4. The van der Waals surface area contributed by atoms with Crippen molar-refractivity contribution >= 4 is 40.5 Å². The first-order chi connectivity index (χ1) is 17.6. The molecule has 198 valence electrons. The van der Waals surface area contributed by atoms with Gasteiger partial charge in [0.25, 0.3) is 0 Å². The van der Waals surface area contributed by atoms with Crippen LogP contribution in [0.15, 0.2) is 12.3 Å². The SMILES string of the molecule is CC(C)(C)OC(=O)N1[C@@H]2CC[C@H]1CN(c1nc(/C=C\C34CCCN3CCC4)nc3c(F)c(Cl)ncc13)C2. The van der Waals surface area contributed by atoms with E-state index in [4.69, 9.17) is 21.3 Å². The van der Waals surface area contributed by atoms with Gasteiger partial charge in [0.1, 0.15) is 16.9 Å². The number of ether oxygens (including phenoxy) is 1. The van der Waals surface area contributed by atoms with Crippen molar-refractivity contribution in [2.75, 3.05) is 31.1 Å². The smallest absolute Gasteiger partial charge is 0.410 e. The number of anilines is 1. The lowest BCUT2D eigenvalue weighted by molar-refractivity contribution is 0.0123. The molecule has 8 nitrogen and oxygen atoms in total. The van der Waals surface area contributed by atoms with Gasteiger partial charge in [-0.05, 0) is 78.5 Å². The monoisotopic (exact) mass is 528 g/mol. The van der Waals surface area contributed by atoms with Crippen molar-refractivity contribution in [3.05, 3.63) is 29.1 Å². The number of nitrogens with zero attached hydrogens (tertiary/aromatic N) is 6. The Labute approximate surface area is 221 Å². The molecular weight excluding hydrogens is 495 g/mol. The van der Waals surface area contributed by atoms with E-state index in [-0.39, 0.29) is 34.4 Å². The second-order valence-corrected chi connectivity index (χ2v) is 12.2. The number of hydrogen-bond acceptors (Lipinski definition) is 7. The number of pyridine rings is 1. The van der Waals surface area contributed by atoms with E-state index in [0.717, 1.165) is 38.8 Å². The quantitative estimate of drug-likeness (QED) is 0.516. The zero-order valence-corrected chi connectivity index (χ0v) is 22.5. The summed E-state index contributed by atoms with van der Waals surface area (Å²) >= 11 is 6.05. The van der Waals surface area contributed by atoms with Gasteiger partial charge in [-0.15, -0.1) is 0 Å². The Hall–Kier alpha value is -2.52. The number of hydrogen-bond donors (Lipinski definition) is 0. The van der Waals surface area contributed by atoms with Crippen molar-refractivity contribution in [3.63, 3.8) is 0 Å². The Balaban J connectivity index is 1.34. The average molecular weight is 529 g/mol. The van der Waals surface area contributed by atoms with Crippen LogP contribution in [0.3, 0.4) is 0 Å². The van der Waals surface area contributed by atoms with E-state index in [0.29, 0.717) is 30.1 Å². The topological polar surface area (TPSA) is 74.7 Å². The third kappa shape index (κ3) is 4.44. The zero-order chi connectivity index (χ0) is 25.9. The number of aromatic nitrogens is 3. The van der Waals surface area contributed by atoms with Crippen LogP contribution < -0.4 is 4.90 Å². The molecule has 2 aromatic heterocycles. The summed E-state index contributed by atoms with van der Waals surface area (Å²) in [4.78, 5) is 33.1. The molecule has 0 saturated carbocycles. The lowest BCUT2D eigenvalue weighted by Crippen LogP contribution is -2.57. The van der Waals surface area contributed by atoms with Crippen molar-refractivity contribution < 1.29 is 13.9 Å². The summed E-state index contributed by atoms with van der Waals surface area (Å²) in [6.07, 6.45) is 11.9. The summed E-state index contributed by atoms with van der Waals surface area (Å²) in [6, 6.07) is 0.0132. The van der Waals surface area contributed by atoms with Crippen LogP contribution in [-0.2, 0) is 4.74 Å². The fourth-order valence-corrected chi connectivity index (χ4v) is 6.83. The molecule has 2 bridgehead atoms. The molecule has 2 atom stereocenters. The molecular formula is C27H34ClFN6O2. The normalized spacial score (nSPS) is 25.4. The number of piperazine rings is 1. The van der Waals surface area contributed by atoms with Crippen LogP contribution >= 0.6 is 11.6 Å². The maximum Gasteiger partial charge on any atom is 0.410 e. The molecule has 4 aliphatic heterocycles. The third-order valence-corrected chi connectivity index (χ3v) is 8.54. The Morgan fingerprint density at radius 1 is 1.16 bits per heavy atom. The lowest BCUT2D eigenvalue weighted by Gasteiger charge is -2.42. The van der Waals surface area contributed by atoms with Crippen LogP contribution in [0.2, 0.25) is 5.15 Å². The molecule has 6 heterocycles. The Morgan fingerprint density at radius 2 is 1.84 bits per heavy atom. The fourth-order valence-electron chi connectivity index (χ4n) is 6.69. The van der Waals surface area contributed by atoms with Crippen LogP contribution in [0.4, 0.5) is 15.0 Å². The van der Waals surface area contributed by atoms with Gasteiger partial charge in [0.05, 0.1) is 17.5 Å². The molecule has 0 spiro atoms. The molecule has 0 aliphatic carbocycles. The molecule has 0 unspecified atom stereocenters. The van der Waals surface area contributed by atoms with Gasteiger partial charge in [0.15, 0.2) is 16.8 Å². The highest BCUT2D eigenvalue weighted by Crippen LogP contribution is 2.41. The van der Waals surface area contributed by atoms with Crippen molar-refractivity contribution in [2.24, 2.45) is 0 Å². The summed E-state index contributed by atoms with van der Waals surface area (Å²) in [6.45, 7) is 9.07. The minimum Gasteiger partial charge on any atom is -0.444 e. The highest BCUT2D eigenvalue weighted by Gasteiger charge is 2.45. The molecule has 4 fully saturated rings. The number of carbonyl (C=O) groups excluding carboxylic acids is 1. The molecule has 0 N–H and O–H groups in total. The van der Waals surface area contributed by atoms with E-state index in [9.17, 15) is 4.79 Å². The molecule has 0 radical (unpaired) electrons. The third-order valence-electron chi connectivity index (χ3n) is 8.27.